The number of hydrogen-bond donors (Lipinski definition) is 1. The van der Waals surface area contributed by atoms with Crippen molar-refractivity contribution in [1.82, 2.24) is 0 Å². The monoisotopic (exact) mass is 211 g/mol. The lowest BCUT2D eigenvalue weighted by atomic mass is 10.1. The summed E-state index contributed by atoms with van der Waals surface area (Å²) in [6.07, 6.45) is 0. The minimum atomic E-state index is -1.47. The molecule has 0 heterocycles. The Kier molecular flexibility index (Phi) is 4.23. The minimum Gasteiger partial charge on any atom is -0.324 e. The fourth-order valence-corrected chi connectivity index (χ4v) is 0.893. The van der Waals surface area contributed by atoms with Gasteiger partial charge in [0.05, 0.1) is 0 Å². The van der Waals surface area contributed by atoms with Crippen LogP contribution in [0.25, 0.3) is 0 Å². The molecule has 1 rings (SSSR count). The summed E-state index contributed by atoms with van der Waals surface area (Å²) in [5, 5.41) is 0. The van der Waals surface area contributed by atoms with E-state index in [9.17, 15) is 13.2 Å². The van der Waals surface area contributed by atoms with E-state index >= 15 is 0 Å². The van der Waals surface area contributed by atoms with Crippen molar-refractivity contribution in [1.29, 1.82) is 0 Å². The number of nitrogens with two attached hydrogens (primary N) is 1. The van der Waals surface area contributed by atoms with Gasteiger partial charge in [-0.25, -0.2) is 13.2 Å². The summed E-state index contributed by atoms with van der Waals surface area (Å²) < 4.78 is 37.7. The molecule has 0 aliphatic heterocycles. The lowest BCUT2D eigenvalue weighted by Gasteiger charge is -2.07. The van der Waals surface area contributed by atoms with E-state index in [-0.39, 0.29) is 18.0 Å². The molecule has 1 aromatic rings. The van der Waals surface area contributed by atoms with E-state index in [4.69, 9.17) is 5.73 Å². The molecule has 5 heteroatoms. The summed E-state index contributed by atoms with van der Waals surface area (Å²) in [5.41, 5.74) is 5.28. The summed E-state index contributed by atoms with van der Waals surface area (Å²) in [4.78, 5) is 0. The molecule has 0 spiro atoms. The maximum atomic E-state index is 12.8. The van der Waals surface area contributed by atoms with Crippen LogP contribution >= 0.6 is 12.4 Å². The number of hydrogen-bond acceptors (Lipinski definition) is 1. The normalized spacial score (nSPS) is 12.1. The predicted octanol–water partition coefficient (Wildman–Crippen LogP) is 2.55. The van der Waals surface area contributed by atoms with Gasteiger partial charge in [-0.3, -0.25) is 0 Å². The maximum Gasteiger partial charge on any atom is 0.194 e. The summed E-state index contributed by atoms with van der Waals surface area (Å²) >= 11 is 0. The highest BCUT2D eigenvalue weighted by Gasteiger charge is 2.14. The molecule has 1 aromatic carbocycles. The smallest absolute Gasteiger partial charge is 0.194 e. The first-order valence-corrected chi connectivity index (χ1v) is 3.43. The Balaban J connectivity index is 0.00000144. The van der Waals surface area contributed by atoms with Gasteiger partial charge in [-0.1, -0.05) is 6.07 Å². The van der Waals surface area contributed by atoms with Crippen LogP contribution in [-0.2, 0) is 0 Å². The van der Waals surface area contributed by atoms with Gasteiger partial charge in [-0.2, -0.15) is 0 Å². The summed E-state index contributed by atoms with van der Waals surface area (Å²) in [5.74, 6) is -3.87. The molecule has 0 fully saturated rings. The molecule has 0 radical (unpaired) electrons. The molecular formula is C8H9ClF3N. The molecule has 0 amide bonds. The van der Waals surface area contributed by atoms with E-state index < -0.39 is 23.5 Å². The van der Waals surface area contributed by atoms with Gasteiger partial charge in [0, 0.05) is 11.6 Å². The van der Waals surface area contributed by atoms with E-state index in [1.807, 2.05) is 0 Å². The van der Waals surface area contributed by atoms with Gasteiger partial charge in [0.1, 0.15) is 0 Å². The topological polar surface area (TPSA) is 26.0 Å². The second-order valence-electron chi connectivity index (χ2n) is 2.55. The standard InChI is InChI=1S/C8H8F3N.ClH/c1-4(12)5-2-3-6(9)8(11)7(5)10;/h2-4H,12H2,1H3;1H. The van der Waals surface area contributed by atoms with Crippen LogP contribution in [0, 0.1) is 17.5 Å². The van der Waals surface area contributed by atoms with Crippen LogP contribution in [0.1, 0.15) is 18.5 Å². The molecule has 1 nitrogen and oxygen atoms in total. The molecule has 0 saturated heterocycles. The van der Waals surface area contributed by atoms with Crippen LogP contribution in [0.15, 0.2) is 12.1 Å². The fourth-order valence-electron chi connectivity index (χ4n) is 0.893. The first-order chi connectivity index (χ1) is 5.54. The van der Waals surface area contributed by atoms with Crippen molar-refractivity contribution in [3.8, 4) is 0 Å². The average Bonchev–Trinajstić information content (AvgIpc) is 2.00. The summed E-state index contributed by atoms with van der Waals surface area (Å²) in [6.45, 7) is 1.50. The molecule has 13 heavy (non-hydrogen) atoms. The first-order valence-electron chi connectivity index (χ1n) is 3.43. The molecular weight excluding hydrogens is 203 g/mol. The van der Waals surface area contributed by atoms with Crippen molar-refractivity contribution in [2.24, 2.45) is 5.73 Å². The Bertz CT molecular complexity index is 302. The van der Waals surface area contributed by atoms with Crippen LogP contribution in [-0.4, -0.2) is 0 Å². The summed E-state index contributed by atoms with van der Waals surface area (Å²) in [6, 6.07) is 1.36. The lowest BCUT2D eigenvalue weighted by Crippen LogP contribution is -2.09. The fraction of sp³-hybridized carbons (Fsp3) is 0.250. The van der Waals surface area contributed by atoms with Gasteiger partial charge >= 0.3 is 0 Å². The van der Waals surface area contributed by atoms with Crippen LogP contribution in [0.3, 0.4) is 0 Å². The van der Waals surface area contributed by atoms with Gasteiger partial charge < -0.3 is 5.73 Å². The number of rotatable bonds is 1. The Hall–Kier alpha value is -0.740. The predicted molar refractivity (Wildman–Crippen MR) is 46.2 cm³/mol. The molecule has 0 saturated carbocycles. The van der Waals surface area contributed by atoms with Crippen LogP contribution in [0.4, 0.5) is 13.2 Å². The number of benzene rings is 1. The second-order valence-corrected chi connectivity index (χ2v) is 2.55. The lowest BCUT2D eigenvalue weighted by molar-refractivity contribution is 0.437. The Morgan fingerprint density at radius 1 is 1.15 bits per heavy atom. The quantitative estimate of drug-likeness (QED) is 0.710. The van der Waals surface area contributed by atoms with Crippen molar-refractivity contribution in [3.63, 3.8) is 0 Å². The Morgan fingerprint density at radius 2 is 1.69 bits per heavy atom. The Morgan fingerprint density at radius 3 is 2.15 bits per heavy atom. The molecule has 1 unspecified atom stereocenters. The van der Waals surface area contributed by atoms with Gasteiger partial charge in [-0.05, 0) is 13.0 Å². The molecule has 0 aliphatic carbocycles. The van der Waals surface area contributed by atoms with Crippen LogP contribution < -0.4 is 5.73 Å². The zero-order valence-electron chi connectivity index (χ0n) is 6.85. The third-order valence-electron chi connectivity index (χ3n) is 1.56. The van der Waals surface area contributed by atoms with E-state index in [1.165, 1.54) is 6.92 Å². The zero-order valence-corrected chi connectivity index (χ0v) is 7.67. The van der Waals surface area contributed by atoms with Gasteiger partial charge in [0.25, 0.3) is 0 Å². The molecule has 0 aromatic heterocycles. The third-order valence-corrected chi connectivity index (χ3v) is 1.56. The zero-order chi connectivity index (χ0) is 9.30. The Labute approximate surface area is 80.2 Å². The molecule has 2 N–H and O–H groups in total. The van der Waals surface area contributed by atoms with Gasteiger partial charge in [0.2, 0.25) is 0 Å². The van der Waals surface area contributed by atoms with Crippen molar-refractivity contribution >= 4 is 12.4 Å². The maximum absolute atomic E-state index is 12.8. The van der Waals surface area contributed by atoms with Crippen molar-refractivity contribution < 1.29 is 13.2 Å². The number of halogens is 4. The van der Waals surface area contributed by atoms with Crippen molar-refractivity contribution in [3.05, 3.63) is 35.1 Å². The first kappa shape index (κ1) is 12.3. The van der Waals surface area contributed by atoms with E-state index in [0.717, 1.165) is 12.1 Å². The SMILES string of the molecule is CC(N)c1ccc(F)c(F)c1F.Cl. The molecule has 1 atom stereocenters. The molecule has 74 valence electrons. The van der Waals surface area contributed by atoms with Crippen molar-refractivity contribution in [2.45, 2.75) is 13.0 Å². The highest BCUT2D eigenvalue weighted by Crippen LogP contribution is 2.19. The largest absolute Gasteiger partial charge is 0.324 e. The average molecular weight is 212 g/mol. The van der Waals surface area contributed by atoms with E-state index in [2.05, 4.69) is 0 Å². The van der Waals surface area contributed by atoms with Gasteiger partial charge in [-0.15, -0.1) is 12.4 Å². The highest BCUT2D eigenvalue weighted by molar-refractivity contribution is 5.85. The van der Waals surface area contributed by atoms with Gasteiger partial charge in [0.15, 0.2) is 17.5 Å². The van der Waals surface area contributed by atoms with Crippen LogP contribution in [0.5, 0.6) is 0 Å². The summed E-state index contributed by atoms with van der Waals surface area (Å²) in [7, 11) is 0. The second kappa shape index (κ2) is 4.48. The van der Waals surface area contributed by atoms with Crippen LogP contribution in [0.2, 0.25) is 0 Å². The molecule has 0 bridgehead atoms. The van der Waals surface area contributed by atoms with E-state index in [1.54, 1.807) is 0 Å². The third kappa shape index (κ3) is 2.35. The minimum absolute atomic E-state index is 0. The van der Waals surface area contributed by atoms with E-state index in [0.29, 0.717) is 0 Å². The highest BCUT2D eigenvalue weighted by atomic mass is 35.5. The molecule has 0 aliphatic rings. The van der Waals surface area contributed by atoms with Crippen molar-refractivity contribution in [2.75, 3.05) is 0 Å².